The fraction of sp³-hybridized carbons (Fsp3) is 0.259. The van der Waals surface area contributed by atoms with E-state index in [1.165, 1.54) is 24.3 Å². The Morgan fingerprint density at radius 3 is 2.14 bits per heavy atom. The minimum atomic E-state index is -1.83. The first-order valence-corrected chi connectivity index (χ1v) is 11.5. The van der Waals surface area contributed by atoms with Crippen molar-refractivity contribution in [2.24, 2.45) is 0 Å². The van der Waals surface area contributed by atoms with Gasteiger partial charge in [-0.1, -0.05) is 24.3 Å². The minimum absolute atomic E-state index is 0.0563. The summed E-state index contributed by atoms with van der Waals surface area (Å²) in [4.78, 5) is 25.9. The zero-order valence-corrected chi connectivity index (χ0v) is 19.5. The number of benzene rings is 3. The van der Waals surface area contributed by atoms with Crippen molar-refractivity contribution in [1.82, 2.24) is 0 Å². The third-order valence-electron chi connectivity index (χ3n) is 6.72. The lowest BCUT2D eigenvalue weighted by Crippen LogP contribution is -2.60. The zero-order valence-electron chi connectivity index (χ0n) is 19.5. The highest BCUT2D eigenvalue weighted by Crippen LogP contribution is 2.48. The van der Waals surface area contributed by atoms with Gasteiger partial charge in [0.1, 0.15) is 41.7 Å². The largest absolute Gasteiger partial charge is 0.508 e. The molecule has 0 aromatic heterocycles. The van der Waals surface area contributed by atoms with Crippen molar-refractivity contribution in [3.63, 3.8) is 0 Å². The van der Waals surface area contributed by atoms with E-state index in [-0.39, 0.29) is 39.3 Å². The molecule has 1 aliphatic carbocycles. The van der Waals surface area contributed by atoms with Crippen molar-refractivity contribution < 1.29 is 49.7 Å². The summed E-state index contributed by atoms with van der Waals surface area (Å²) in [6.07, 6.45) is -8.56. The van der Waals surface area contributed by atoms with E-state index in [4.69, 9.17) is 9.47 Å². The SMILES string of the molecule is Cc1cc(O)c2c(c1)[C@H]([C@@H]1O[C@@H](OC(=O)c3ccccc3)[C@H](O)[C@H](O)[C@H]1O)c1cc(O)cc(O)c1C2=O. The highest BCUT2D eigenvalue weighted by Gasteiger charge is 2.51. The Morgan fingerprint density at radius 1 is 0.838 bits per heavy atom. The number of carbonyl (C=O) groups excluding carboxylic acids is 2. The highest BCUT2D eigenvalue weighted by molar-refractivity contribution is 6.16. The van der Waals surface area contributed by atoms with Crippen LogP contribution >= 0.6 is 0 Å². The standard InChI is InChI=1S/C27H24O10/c1-11-7-14-18(15-9-13(28)10-17(30)20(15)21(31)19(14)16(29)8-11)25-23(33)22(32)24(34)27(36-25)37-26(35)12-5-3-2-4-6-12/h2-10,18,22-25,27-30,32-34H,1H3/t18-,22+,23+,24+,25-,27-/m0/s1. The number of aliphatic hydroxyl groups excluding tert-OH is 3. The topological polar surface area (TPSA) is 174 Å². The van der Waals surface area contributed by atoms with Crippen LogP contribution in [0.5, 0.6) is 17.2 Å². The van der Waals surface area contributed by atoms with Crippen LogP contribution in [-0.4, -0.2) is 73.1 Å². The van der Waals surface area contributed by atoms with Crippen LogP contribution in [0.3, 0.4) is 0 Å². The number of phenols is 3. The lowest BCUT2D eigenvalue weighted by atomic mass is 9.71. The molecule has 3 aromatic carbocycles. The molecule has 0 radical (unpaired) electrons. The van der Waals surface area contributed by atoms with Gasteiger partial charge < -0.3 is 40.1 Å². The molecule has 0 unspecified atom stereocenters. The summed E-state index contributed by atoms with van der Waals surface area (Å²) in [5.74, 6) is -4.02. The third-order valence-corrected chi connectivity index (χ3v) is 6.72. The molecule has 10 nitrogen and oxygen atoms in total. The van der Waals surface area contributed by atoms with Crippen LogP contribution in [-0.2, 0) is 9.47 Å². The van der Waals surface area contributed by atoms with Gasteiger partial charge in [0, 0.05) is 12.0 Å². The predicted molar refractivity (Wildman–Crippen MR) is 126 cm³/mol. The number of aryl methyl sites for hydroxylation is 1. The molecule has 1 fully saturated rings. The number of hydrogen-bond acceptors (Lipinski definition) is 10. The second-order valence-corrected chi connectivity index (χ2v) is 9.20. The minimum Gasteiger partial charge on any atom is -0.508 e. The van der Waals surface area contributed by atoms with Crippen molar-refractivity contribution in [2.45, 2.75) is 43.5 Å². The molecule has 0 amide bonds. The number of carbonyl (C=O) groups is 2. The van der Waals surface area contributed by atoms with Gasteiger partial charge in [0.15, 0.2) is 0 Å². The molecule has 5 rings (SSSR count). The predicted octanol–water partition coefficient (Wildman–Crippen LogP) is 1.45. The summed E-state index contributed by atoms with van der Waals surface area (Å²) in [5.41, 5.74) is 0.577. The number of hydrogen-bond donors (Lipinski definition) is 6. The Bertz CT molecular complexity index is 1320. The van der Waals surface area contributed by atoms with Crippen LogP contribution in [0.15, 0.2) is 54.6 Å². The molecule has 6 N–H and O–H groups in total. The zero-order chi connectivity index (χ0) is 26.6. The number of aromatic hydroxyl groups is 3. The average Bonchev–Trinajstić information content (AvgIpc) is 2.84. The first-order valence-electron chi connectivity index (χ1n) is 11.5. The van der Waals surface area contributed by atoms with Gasteiger partial charge in [-0.25, -0.2) is 4.79 Å². The normalized spacial score (nSPS) is 26.8. The van der Waals surface area contributed by atoms with Crippen LogP contribution in [0.4, 0.5) is 0 Å². The lowest BCUT2D eigenvalue weighted by Gasteiger charge is -2.44. The van der Waals surface area contributed by atoms with Crippen molar-refractivity contribution >= 4 is 11.8 Å². The molecule has 0 saturated carbocycles. The van der Waals surface area contributed by atoms with Crippen molar-refractivity contribution in [1.29, 1.82) is 0 Å². The molecule has 192 valence electrons. The molecule has 0 spiro atoms. The number of esters is 1. The molecule has 10 heteroatoms. The second-order valence-electron chi connectivity index (χ2n) is 9.20. The number of fused-ring (bicyclic) bond motifs is 2. The Labute approximate surface area is 210 Å². The van der Waals surface area contributed by atoms with Crippen molar-refractivity contribution in [3.05, 3.63) is 88.0 Å². The fourth-order valence-corrected chi connectivity index (χ4v) is 5.05. The van der Waals surface area contributed by atoms with E-state index < -0.39 is 54.1 Å². The van der Waals surface area contributed by atoms with Crippen LogP contribution in [0.25, 0.3) is 0 Å². The first kappa shape index (κ1) is 24.7. The van der Waals surface area contributed by atoms with Crippen LogP contribution in [0, 0.1) is 6.92 Å². The number of ketones is 1. The molecule has 6 atom stereocenters. The van der Waals surface area contributed by atoms with Gasteiger partial charge in [0.2, 0.25) is 12.1 Å². The second kappa shape index (κ2) is 9.16. The summed E-state index contributed by atoms with van der Waals surface area (Å²) in [7, 11) is 0. The highest BCUT2D eigenvalue weighted by atomic mass is 16.7. The van der Waals surface area contributed by atoms with Crippen LogP contribution in [0.2, 0.25) is 0 Å². The maximum absolute atomic E-state index is 13.3. The van der Waals surface area contributed by atoms with E-state index in [2.05, 4.69) is 0 Å². The van der Waals surface area contributed by atoms with Gasteiger partial charge in [-0.3, -0.25) is 4.79 Å². The first-order chi connectivity index (χ1) is 17.6. The van der Waals surface area contributed by atoms with Crippen molar-refractivity contribution in [3.8, 4) is 17.2 Å². The quantitative estimate of drug-likeness (QED) is 0.284. The summed E-state index contributed by atoms with van der Waals surface area (Å²) in [6, 6.07) is 13.0. The van der Waals surface area contributed by atoms with Gasteiger partial charge in [-0.2, -0.15) is 0 Å². The van der Waals surface area contributed by atoms with E-state index >= 15 is 0 Å². The summed E-state index contributed by atoms with van der Waals surface area (Å²) in [6.45, 7) is 1.66. The summed E-state index contributed by atoms with van der Waals surface area (Å²) < 4.78 is 11.2. The Balaban J connectivity index is 1.62. The summed E-state index contributed by atoms with van der Waals surface area (Å²) in [5, 5.41) is 63.6. The van der Waals surface area contributed by atoms with Gasteiger partial charge in [0.25, 0.3) is 0 Å². The average molecular weight is 508 g/mol. The van der Waals surface area contributed by atoms with Gasteiger partial charge in [-0.05, 0) is 47.9 Å². The van der Waals surface area contributed by atoms with E-state index in [1.807, 2.05) is 0 Å². The number of aliphatic hydroxyl groups is 3. The molecule has 1 aliphatic heterocycles. The number of phenolic OH excluding ortho intramolecular Hbond substituents is 3. The van der Waals surface area contributed by atoms with Crippen molar-refractivity contribution in [2.75, 3.05) is 0 Å². The molecule has 2 aliphatic rings. The molecular weight excluding hydrogens is 484 g/mol. The molecule has 0 bridgehead atoms. The number of rotatable bonds is 3. The molecule has 37 heavy (non-hydrogen) atoms. The van der Waals surface area contributed by atoms with E-state index in [1.54, 1.807) is 31.2 Å². The van der Waals surface area contributed by atoms with Gasteiger partial charge >= 0.3 is 5.97 Å². The third kappa shape index (κ3) is 4.09. The smallest absolute Gasteiger partial charge is 0.340 e. The Kier molecular flexibility index (Phi) is 6.12. The molecule has 3 aromatic rings. The fourth-order valence-electron chi connectivity index (χ4n) is 5.05. The molecular formula is C27H24O10. The Hall–Kier alpha value is -3.96. The molecule has 1 heterocycles. The van der Waals surface area contributed by atoms with E-state index in [0.717, 1.165) is 6.07 Å². The molecule has 1 saturated heterocycles. The summed E-state index contributed by atoms with van der Waals surface area (Å²) >= 11 is 0. The maximum atomic E-state index is 13.3. The lowest BCUT2D eigenvalue weighted by molar-refractivity contribution is -0.282. The van der Waals surface area contributed by atoms with E-state index in [9.17, 15) is 40.2 Å². The van der Waals surface area contributed by atoms with Gasteiger partial charge in [0.05, 0.1) is 16.7 Å². The Morgan fingerprint density at radius 2 is 1.46 bits per heavy atom. The monoisotopic (exact) mass is 508 g/mol. The number of ether oxygens (including phenoxy) is 2. The van der Waals surface area contributed by atoms with Crippen LogP contribution < -0.4 is 0 Å². The van der Waals surface area contributed by atoms with E-state index in [0.29, 0.717) is 5.56 Å². The van der Waals surface area contributed by atoms with Gasteiger partial charge in [-0.15, -0.1) is 0 Å². The van der Waals surface area contributed by atoms with Crippen LogP contribution in [0.1, 0.15) is 48.9 Å². The maximum Gasteiger partial charge on any atom is 0.340 e.